The fraction of sp³-hybridized carbons (Fsp3) is 0.0312. The van der Waals surface area contributed by atoms with Crippen LogP contribution in [0.2, 0.25) is 0 Å². The molecule has 8 aromatic carbocycles. The van der Waals surface area contributed by atoms with E-state index in [-0.39, 0.29) is 0 Å². The van der Waals surface area contributed by atoms with Crippen LogP contribution in [0.5, 0.6) is 0 Å². The summed E-state index contributed by atoms with van der Waals surface area (Å²) in [4.78, 5) is 31.3. The molecule has 0 bridgehead atoms. The first-order valence-corrected chi connectivity index (χ1v) is 23.7. The van der Waals surface area contributed by atoms with Gasteiger partial charge in [0.15, 0.2) is 17.5 Å². The Morgan fingerprint density at radius 1 is 0.300 bits per heavy atom. The van der Waals surface area contributed by atoms with E-state index in [1.54, 1.807) is 0 Å². The molecule has 11 aromatic rings. The van der Waals surface area contributed by atoms with Gasteiger partial charge in [-0.05, 0) is 59.4 Å². The third-order valence-corrected chi connectivity index (χ3v) is 12.8. The minimum absolute atomic E-state index is 0.631. The Labute approximate surface area is 407 Å². The van der Waals surface area contributed by atoms with E-state index in [2.05, 4.69) is 188 Å². The summed E-state index contributed by atoms with van der Waals surface area (Å²) in [5.41, 5.74) is 17.5. The Morgan fingerprint density at radius 2 is 0.714 bits per heavy atom. The normalized spacial score (nSPS) is 12.2. The zero-order chi connectivity index (χ0) is 46.6. The van der Waals surface area contributed by atoms with Gasteiger partial charge in [0.1, 0.15) is 0 Å². The van der Waals surface area contributed by atoms with Crippen LogP contribution in [0.1, 0.15) is 18.7 Å². The molecule has 3 aromatic heterocycles. The van der Waals surface area contributed by atoms with Crippen LogP contribution >= 0.6 is 0 Å². The largest absolute Gasteiger partial charge is 0.228 e. The molecular weight excluding hydrogens is 853 g/mol. The first kappa shape index (κ1) is 42.1. The van der Waals surface area contributed by atoms with E-state index in [1.807, 2.05) is 54.6 Å². The fourth-order valence-corrected chi connectivity index (χ4v) is 9.16. The Kier molecular flexibility index (Phi) is 11.3. The van der Waals surface area contributed by atoms with Crippen molar-refractivity contribution in [1.82, 2.24) is 29.9 Å². The topological polar surface area (TPSA) is 77.3 Å². The number of allylic oxidation sites excluding steroid dienone is 4. The quantitative estimate of drug-likeness (QED) is 0.136. The minimum atomic E-state index is 0.631. The van der Waals surface area contributed by atoms with E-state index in [0.717, 1.165) is 125 Å². The second kappa shape index (κ2) is 18.8. The molecule has 1 aliphatic rings. The van der Waals surface area contributed by atoms with Crippen LogP contribution in [0.25, 0.3) is 118 Å². The lowest BCUT2D eigenvalue weighted by molar-refractivity contribution is 1.01. The van der Waals surface area contributed by atoms with E-state index in [9.17, 15) is 0 Å². The second-order valence-corrected chi connectivity index (χ2v) is 17.4. The van der Waals surface area contributed by atoms with Gasteiger partial charge in [-0.2, -0.15) is 0 Å². The number of hydrogen-bond acceptors (Lipinski definition) is 6. The molecule has 0 fully saturated rings. The van der Waals surface area contributed by atoms with Gasteiger partial charge in [0.25, 0.3) is 0 Å². The molecule has 3 heterocycles. The zero-order valence-electron chi connectivity index (χ0n) is 38.2. The SMILES string of the molecule is C1=CCCC(c2nc(-c3ccccc3)cc(-c3ccc(-c4nc(-c5ccc(-c6cc(-c7ccccc7)nc(-c7ccccc7)n6)cc5)c5cc(-c6ccccc6)cc(-c6ccccc6)c5n4)cc3)n2)=C1. The fourth-order valence-electron chi connectivity index (χ4n) is 9.16. The summed E-state index contributed by atoms with van der Waals surface area (Å²) >= 11 is 0. The van der Waals surface area contributed by atoms with Crippen molar-refractivity contribution >= 4 is 16.5 Å². The van der Waals surface area contributed by atoms with Crippen LogP contribution in [0.3, 0.4) is 0 Å². The van der Waals surface area contributed by atoms with E-state index in [0.29, 0.717) is 11.6 Å². The summed E-state index contributed by atoms with van der Waals surface area (Å²) in [5.74, 6) is 2.07. The molecule has 0 unspecified atom stereocenters. The van der Waals surface area contributed by atoms with Crippen molar-refractivity contribution in [2.75, 3.05) is 0 Å². The van der Waals surface area contributed by atoms with E-state index >= 15 is 0 Å². The number of aromatic nitrogens is 6. The Morgan fingerprint density at radius 3 is 1.23 bits per heavy atom. The van der Waals surface area contributed by atoms with Crippen LogP contribution in [-0.4, -0.2) is 29.9 Å². The van der Waals surface area contributed by atoms with Gasteiger partial charge in [-0.1, -0.05) is 218 Å². The third kappa shape index (κ3) is 8.62. The van der Waals surface area contributed by atoms with E-state index in [1.165, 1.54) is 0 Å². The highest BCUT2D eigenvalue weighted by Crippen LogP contribution is 2.40. The molecule has 12 rings (SSSR count). The number of nitrogens with zero attached hydrogens (tertiary/aromatic N) is 6. The molecule has 0 aliphatic heterocycles. The molecule has 330 valence electrons. The van der Waals surface area contributed by atoms with Gasteiger partial charge in [-0.25, -0.2) is 29.9 Å². The predicted octanol–water partition coefficient (Wildman–Crippen LogP) is 15.9. The summed E-state index contributed by atoms with van der Waals surface area (Å²) in [5, 5.41) is 0.960. The van der Waals surface area contributed by atoms with E-state index in [4.69, 9.17) is 29.9 Å². The van der Waals surface area contributed by atoms with Crippen LogP contribution in [0.15, 0.2) is 243 Å². The first-order chi connectivity index (χ1) is 34.7. The van der Waals surface area contributed by atoms with Crippen molar-refractivity contribution in [3.05, 3.63) is 249 Å². The Bertz CT molecular complexity index is 3650. The maximum atomic E-state index is 5.48. The van der Waals surface area contributed by atoms with Crippen LogP contribution in [0, 0.1) is 0 Å². The molecule has 1 aliphatic carbocycles. The van der Waals surface area contributed by atoms with Crippen molar-refractivity contribution in [2.45, 2.75) is 12.8 Å². The zero-order valence-corrected chi connectivity index (χ0v) is 38.2. The number of rotatable bonds is 10. The molecule has 0 N–H and O–H groups in total. The summed E-state index contributed by atoms with van der Waals surface area (Å²) in [6, 6.07) is 77.6. The molecular formula is C64H44N6. The third-order valence-electron chi connectivity index (χ3n) is 12.8. The van der Waals surface area contributed by atoms with Gasteiger partial charge in [0.2, 0.25) is 0 Å². The average molecular weight is 897 g/mol. The average Bonchev–Trinajstić information content (AvgIpc) is 3.46. The highest BCUT2D eigenvalue weighted by molar-refractivity contribution is 6.04. The summed E-state index contributed by atoms with van der Waals surface area (Å²) in [6.07, 6.45) is 8.30. The maximum absolute atomic E-state index is 5.48. The lowest BCUT2D eigenvalue weighted by atomic mass is 9.93. The van der Waals surface area contributed by atoms with Crippen molar-refractivity contribution in [1.29, 1.82) is 0 Å². The Hall–Kier alpha value is -9.26. The van der Waals surface area contributed by atoms with Crippen LogP contribution in [-0.2, 0) is 0 Å². The van der Waals surface area contributed by atoms with Gasteiger partial charge < -0.3 is 0 Å². The lowest BCUT2D eigenvalue weighted by Gasteiger charge is -2.16. The number of benzene rings is 8. The van der Waals surface area contributed by atoms with E-state index < -0.39 is 0 Å². The summed E-state index contributed by atoms with van der Waals surface area (Å²) < 4.78 is 0. The molecule has 0 atom stereocenters. The monoisotopic (exact) mass is 896 g/mol. The van der Waals surface area contributed by atoms with Gasteiger partial charge in [0, 0.05) is 49.9 Å². The van der Waals surface area contributed by atoms with Gasteiger partial charge in [-0.3, -0.25) is 0 Å². The smallest absolute Gasteiger partial charge is 0.160 e. The highest BCUT2D eigenvalue weighted by atomic mass is 14.9. The number of fused-ring (bicyclic) bond motifs is 1. The standard InChI is InChI=1S/C64H44N6/c1-7-19-43(20-8-1)53-39-54(44-21-9-2-10-22-44)61-55(40-53)60(49-35-31-47(32-36-49)58-41-56(45-23-11-3-12-24-45)65-62(67-58)50-27-15-5-16-28-50)69-64(70-61)52-37-33-48(34-38-52)59-42-57(46-25-13-4-14-26-46)66-63(68-59)51-29-17-6-18-30-51/h1-17,19-29,31-42H,18,30H2. The molecule has 6 heteroatoms. The van der Waals surface area contributed by atoms with Crippen molar-refractivity contribution in [2.24, 2.45) is 0 Å². The molecule has 0 saturated carbocycles. The maximum Gasteiger partial charge on any atom is 0.160 e. The summed E-state index contributed by atoms with van der Waals surface area (Å²) in [6.45, 7) is 0. The van der Waals surface area contributed by atoms with Crippen LogP contribution in [0.4, 0.5) is 0 Å². The van der Waals surface area contributed by atoms with Crippen molar-refractivity contribution in [3.63, 3.8) is 0 Å². The van der Waals surface area contributed by atoms with Gasteiger partial charge in [-0.15, -0.1) is 0 Å². The molecule has 0 amide bonds. The van der Waals surface area contributed by atoms with Crippen LogP contribution < -0.4 is 0 Å². The number of hydrogen-bond donors (Lipinski definition) is 0. The van der Waals surface area contributed by atoms with Crippen molar-refractivity contribution < 1.29 is 0 Å². The molecule has 0 radical (unpaired) electrons. The molecule has 6 nitrogen and oxygen atoms in total. The summed E-state index contributed by atoms with van der Waals surface area (Å²) in [7, 11) is 0. The lowest BCUT2D eigenvalue weighted by Crippen LogP contribution is -2.01. The predicted molar refractivity (Wildman–Crippen MR) is 286 cm³/mol. The molecule has 70 heavy (non-hydrogen) atoms. The molecule has 0 saturated heterocycles. The second-order valence-electron chi connectivity index (χ2n) is 17.4. The Balaban J connectivity index is 1.00. The first-order valence-electron chi connectivity index (χ1n) is 23.7. The minimum Gasteiger partial charge on any atom is -0.228 e. The van der Waals surface area contributed by atoms with Crippen molar-refractivity contribution in [3.8, 4) is 101 Å². The van der Waals surface area contributed by atoms with Gasteiger partial charge >= 0.3 is 0 Å². The highest BCUT2D eigenvalue weighted by Gasteiger charge is 2.20. The molecule has 0 spiro atoms. The van der Waals surface area contributed by atoms with Gasteiger partial charge in [0.05, 0.1) is 34.0 Å².